The molecule has 0 atom stereocenters. The van der Waals surface area contributed by atoms with Gasteiger partial charge in [0.05, 0.1) is 12.1 Å². The second-order valence-electron chi connectivity index (χ2n) is 6.48. The first-order valence-electron chi connectivity index (χ1n) is 8.85. The summed E-state index contributed by atoms with van der Waals surface area (Å²) in [6.07, 6.45) is -2.98. The minimum atomic E-state index is -4.47. The lowest BCUT2D eigenvalue weighted by molar-refractivity contribution is -0.137. The van der Waals surface area contributed by atoms with E-state index in [0.717, 1.165) is 30.7 Å². The molecule has 1 aromatic heterocycles. The quantitative estimate of drug-likeness (QED) is 0.643. The Morgan fingerprint density at radius 2 is 1.86 bits per heavy atom. The number of carbonyl (C=O) groups excluding carboxylic acids is 1. The molecule has 0 fully saturated rings. The van der Waals surface area contributed by atoms with Gasteiger partial charge in [-0.25, -0.2) is 4.79 Å². The Balaban J connectivity index is 2.15. The van der Waals surface area contributed by atoms with Crippen LogP contribution in [0.25, 0.3) is 0 Å². The topological polar surface area (TPSA) is 113 Å². The zero-order chi connectivity index (χ0) is 21.8. The number of H-pyrrole nitrogens is 1. The van der Waals surface area contributed by atoms with E-state index in [9.17, 15) is 27.6 Å². The lowest BCUT2D eigenvalue weighted by atomic mass is 10.2. The van der Waals surface area contributed by atoms with Gasteiger partial charge in [-0.3, -0.25) is 19.1 Å². The van der Waals surface area contributed by atoms with E-state index in [1.165, 1.54) is 16.5 Å². The van der Waals surface area contributed by atoms with Crippen LogP contribution in [0.1, 0.15) is 25.3 Å². The first-order chi connectivity index (χ1) is 13.5. The smallest absolute Gasteiger partial charge is 0.383 e. The SMILES string of the molecule is CCCCn1c(N)c(N(C)CC(=O)Nc2ccc(C(F)(F)F)cc2)c(=O)[nH]c1=O. The zero-order valence-corrected chi connectivity index (χ0v) is 16.0. The van der Waals surface area contributed by atoms with Crippen molar-refractivity contribution in [3.05, 3.63) is 50.7 Å². The number of nitrogens with zero attached hydrogens (tertiary/aromatic N) is 2. The molecule has 0 unspecified atom stereocenters. The van der Waals surface area contributed by atoms with Gasteiger partial charge >= 0.3 is 11.9 Å². The van der Waals surface area contributed by atoms with Crippen molar-refractivity contribution in [2.45, 2.75) is 32.5 Å². The van der Waals surface area contributed by atoms with Gasteiger partial charge in [0.15, 0.2) is 0 Å². The average molecular weight is 413 g/mol. The van der Waals surface area contributed by atoms with Crippen LogP contribution in [0.5, 0.6) is 0 Å². The molecule has 0 saturated heterocycles. The van der Waals surface area contributed by atoms with Gasteiger partial charge in [-0.15, -0.1) is 0 Å². The first kappa shape index (κ1) is 22.1. The fourth-order valence-electron chi connectivity index (χ4n) is 2.72. The van der Waals surface area contributed by atoms with Gasteiger partial charge in [0.1, 0.15) is 11.5 Å². The highest BCUT2D eigenvalue weighted by atomic mass is 19.4. The van der Waals surface area contributed by atoms with E-state index in [4.69, 9.17) is 5.73 Å². The molecule has 0 bridgehead atoms. The van der Waals surface area contributed by atoms with Gasteiger partial charge in [0.2, 0.25) is 5.91 Å². The lowest BCUT2D eigenvalue weighted by Crippen LogP contribution is -2.39. The molecular weight excluding hydrogens is 391 g/mol. The molecule has 0 radical (unpaired) electrons. The summed E-state index contributed by atoms with van der Waals surface area (Å²) in [5.74, 6) is -0.630. The molecule has 4 N–H and O–H groups in total. The van der Waals surface area contributed by atoms with Crippen molar-refractivity contribution < 1.29 is 18.0 Å². The summed E-state index contributed by atoms with van der Waals surface area (Å²) in [5.41, 5.74) is 3.91. The van der Waals surface area contributed by atoms with Crippen molar-refractivity contribution >= 4 is 23.1 Å². The molecule has 2 aromatic rings. The maximum absolute atomic E-state index is 12.6. The minimum Gasteiger partial charge on any atom is -0.383 e. The molecule has 0 aliphatic heterocycles. The third kappa shape index (κ3) is 5.39. The molecule has 0 saturated carbocycles. The standard InChI is InChI=1S/C18H22F3N5O3/c1-3-4-9-26-15(22)14(16(28)24-17(26)29)25(2)10-13(27)23-12-7-5-11(6-8-12)18(19,20)21/h5-8H,3-4,9-10,22H2,1-2H3,(H,23,27)(H,24,28,29). The largest absolute Gasteiger partial charge is 0.416 e. The van der Waals surface area contributed by atoms with Crippen LogP contribution in [-0.2, 0) is 17.5 Å². The van der Waals surface area contributed by atoms with Crippen molar-refractivity contribution in [3.63, 3.8) is 0 Å². The van der Waals surface area contributed by atoms with Crippen molar-refractivity contribution in [1.82, 2.24) is 9.55 Å². The van der Waals surface area contributed by atoms with Crippen molar-refractivity contribution in [2.75, 3.05) is 29.5 Å². The maximum Gasteiger partial charge on any atom is 0.416 e. The molecule has 11 heteroatoms. The van der Waals surface area contributed by atoms with E-state index in [1.54, 1.807) is 0 Å². The molecule has 158 valence electrons. The molecule has 0 spiro atoms. The Bertz CT molecular complexity index is 980. The molecule has 1 amide bonds. The van der Waals surface area contributed by atoms with Crippen LogP contribution < -0.4 is 27.2 Å². The number of alkyl halides is 3. The van der Waals surface area contributed by atoms with Gasteiger partial charge in [-0.1, -0.05) is 13.3 Å². The Hall–Kier alpha value is -3.24. The number of nitrogens with two attached hydrogens (primary N) is 1. The molecule has 8 nitrogen and oxygen atoms in total. The highest BCUT2D eigenvalue weighted by Gasteiger charge is 2.30. The highest BCUT2D eigenvalue weighted by molar-refractivity contribution is 5.94. The summed E-state index contributed by atoms with van der Waals surface area (Å²) < 4.78 is 39.0. The van der Waals surface area contributed by atoms with Gasteiger partial charge in [-0.2, -0.15) is 13.2 Å². The Labute approximate surface area is 164 Å². The van der Waals surface area contributed by atoms with E-state index in [2.05, 4.69) is 10.3 Å². The number of aromatic nitrogens is 2. The molecule has 0 aliphatic carbocycles. The van der Waals surface area contributed by atoms with Crippen LogP contribution in [0.15, 0.2) is 33.9 Å². The fourth-order valence-corrected chi connectivity index (χ4v) is 2.72. The number of halogens is 3. The summed E-state index contributed by atoms with van der Waals surface area (Å²) in [7, 11) is 1.45. The summed E-state index contributed by atoms with van der Waals surface area (Å²) in [5, 5.41) is 2.45. The first-order valence-corrected chi connectivity index (χ1v) is 8.85. The Morgan fingerprint density at radius 1 is 1.24 bits per heavy atom. The highest BCUT2D eigenvalue weighted by Crippen LogP contribution is 2.29. The van der Waals surface area contributed by atoms with Crippen LogP contribution in [0.4, 0.5) is 30.4 Å². The number of carbonyl (C=O) groups is 1. The van der Waals surface area contributed by atoms with Gasteiger partial charge in [0.25, 0.3) is 5.56 Å². The number of nitrogens with one attached hydrogen (secondary N) is 2. The van der Waals surface area contributed by atoms with E-state index >= 15 is 0 Å². The van der Waals surface area contributed by atoms with Gasteiger partial charge in [-0.05, 0) is 30.7 Å². The number of amides is 1. The number of likely N-dealkylation sites (N-methyl/N-ethyl adjacent to an activating group) is 1. The Kier molecular flexibility index (Phi) is 6.72. The van der Waals surface area contributed by atoms with E-state index in [1.807, 2.05) is 6.92 Å². The second-order valence-corrected chi connectivity index (χ2v) is 6.48. The lowest BCUT2D eigenvalue weighted by Gasteiger charge is -2.21. The summed E-state index contributed by atoms with van der Waals surface area (Å²) in [4.78, 5) is 39.8. The molecular formula is C18H22F3N5O3. The van der Waals surface area contributed by atoms with Gasteiger partial charge < -0.3 is 16.0 Å². The van der Waals surface area contributed by atoms with E-state index in [0.29, 0.717) is 13.0 Å². The van der Waals surface area contributed by atoms with Crippen molar-refractivity contribution in [2.24, 2.45) is 0 Å². The molecule has 1 heterocycles. The zero-order valence-electron chi connectivity index (χ0n) is 16.0. The number of hydrogen-bond donors (Lipinski definition) is 3. The number of aromatic amines is 1. The second kappa shape index (κ2) is 8.84. The summed E-state index contributed by atoms with van der Waals surface area (Å²) in [6.45, 7) is 1.95. The van der Waals surface area contributed by atoms with Crippen LogP contribution in [0, 0.1) is 0 Å². The normalized spacial score (nSPS) is 11.3. The summed E-state index contributed by atoms with van der Waals surface area (Å²) in [6, 6.07) is 3.97. The molecule has 1 aromatic carbocycles. The predicted molar refractivity (Wildman–Crippen MR) is 104 cm³/mol. The Morgan fingerprint density at radius 3 is 2.41 bits per heavy atom. The maximum atomic E-state index is 12.6. The fraction of sp³-hybridized carbons (Fsp3) is 0.389. The number of hydrogen-bond acceptors (Lipinski definition) is 5. The average Bonchev–Trinajstić information content (AvgIpc) is 2.60. The number of rotatable bonds is 7. The van der Waals surface area contributed by atoms with Crippen LogP contribution in [0.3, 0.4) is 0 Å². The third-order valence-corrected chi connectivity index (χ3v) is 4.21. The van der Waals surface area contributed by atoms with Crippen molar-refractivity contribution in [3.8, 4) is 0 Å². The molecule has 2 rings (SSSR count). The van der Waals surface area contributed by atoms with Crippen LogP contribution >= 0.6 is 0 Å². The molecule has 29 heavy (non-hydrogen) atoms. The molecule has 0 aliphatic rings. The number of nitrogen functional groups attached to an aromatic ring is 1. The van der Waals surface area contributed by atoms with E-state index < -0.39 is 28.9 Å². The summed E-state index contributed by atoms with van der Waals surface area (Å²) >= 11 is 0. The van der Waals surface area contributed by atoms with E-state index in [-0.39, 0.29) is 23.7 Å². The number of anilines is 3. The third-order valence-electron chi connectivity index (χ3n) is 4.21. The van der Waals surface area contributed by atoms with Crippen LogP contribution in [0.2, 0.25) is 0 Å². The monoisotopic (exact) mass is 413 g/mol. The minimum absolute atomic E-state index is 0.0386. The number of unbranched alkanes of at least 4 members (excludes halogenated alkanes) is 1. The number of benzene rings is 1. The van der Waals surface area contributed by atoms with Crippen LogP contribution in [-0.4, -0.2) is 29.1 Å². The van der Waals surface area contributed by atoms with Crippen molar-refractivity contribution in [1.29, 1.82) is 0 Å². The van der Waals surface area contributed by atoms with Gasteiger partial charge in [0, 0.05) is 19.3 Å². The predicted octanol–water partition coefficient (Wildman–Crippen LogP) is 2.01.